The van der Waals surface area contributed by atoms with E-state index in [0.717, 1.165) is 31.8 Å². The average molecular weight is 378 g/mol. The van der Waals surface area contributed by atoms with Crippen LogP contribution in [0.25, 0.3) is 0 Å². The lowest BCUT2D eigenvalue weighted by atomic mass is 9.92. The zero-order valence-electron chi connectivity index (χ0n) is 14.6. The highest BCUT2D eigenvalue weighted by molar-refractivity contribution is 5.87. The maximum Gasteiger partial charge on any atom is 0.244 e. The second-order valence-corrected chi connectivity index (χ2v) is 6.71. The summed E-state index contributed by atoms with van der Waals surface area (Å²) in [5.41, 5.74) is 5.89. The van der Waals surface area contributed by atoms with Crippen LogP contribution in [-0.2, 0) is 15.1 Å². The lowest BCUT2D eigenvalue weighted by Crippen LogP contribution is -2.53. The van der Waals surface area contributed by atoms with Crippen molar-refractivity contribution < 1.29 is 9.53 Å². The molecule has 24 heavy (non-hydrogen) atoms. The topological polar surface area (TPSA) is 67.6 Å². The average Bonchev–Trinajstić information content (AvgIpc) is 2.47. The quantitative estimate of drug-likeness (QED) is 0.822. The lowest BCUT2D eigenvalue weighted by Gasteiger charge is -2.38. The van der Waals surface area contributed by atoms with Gasteiger partial charge in [0, 0.05) is 26.2 Å². The van der Waals surface area contributed by atoms with Crippen LogP contribution >= 0.6 is 24.8 Å². The minimum absolute atomic E-state index is 0. The van der Waals surface area contributed by atoms with Gasteiger partial charge in [-0.3, -0.25) is 9.69 Å². The van der Waals surface area contributed by atoms with E-state index in [4.69, 9.17) is 10.5 Å². The Balaban J connectivity index is 0.00000264. The number of hydrogen-bond donors (Lipinski definition) is 2. The first-order valence-corrected chi connectivity index (χ1v) is 7.80. The molecule has 3 N–H and O–H groups in total. The number of carbonyl (C=O) groups is 1. The molecule has 1 atom stereocenters. The minimum Gasteiger partial charge on any atom is -0.373 e. The van der Waals surface area contributed by atoms with Gasteiger partial charge in [0.15, 0.2) is 0 Å². The molecule has 0 aromatic heterocycles. The Hall–Kier alpha value is -0.850. The largest absolute Gasteiger partial charge is 0.373 e. The van der Waals surface area contributed by atoms with Gasteiger partial charge in [0.2, 0.25) is 5.91 Å². The van der Waals surface area contributed by atoms with Crippen LogP contribution in [0.5, 0.6) is 0 Å². The molecule has 1 fully saturated rings. The van der Waals surface area contributed by atoms with Crippen molar-refractivity contribution in [2.45, 2.75) is 31.9 Å². The number of ether oxygens (including phenoxy) is 1. The number of nitrogens with one attached hydrogen (secondary N) is 1. The molecular weight excluding hydrogens is 349 g/mol. The molecule has 2 rings (SSSR count). The number of nitrogens with two attached hydrogens (primary N) is 1. The molecule has 5 nitrogen and oxygen atoms in total. The van der Waals surface area contributed by atoms with Crippen LogP contribution in [0.3, 0.4) is 0 Å². The molecule has 1 aliphatic rings. The highest BCUT2D eigenvalue weighted by Crippen LogP contribution is 2.18. The number of carbonyl (C=O) groups excluding carboxylic acids is 1. The van der Waals surface area contributed by atoms with Crippen LogP contribution in [0.4, 0.5) is 0 Å². The molecule has 0 bridgehead atoms. The van der Waals surface area contributed by atoms with Gasteiger partial charge in [-0.25, -0.2) is 0 Å². The van der Waals surface area contributed by atoms with E-state index < -0.39 is 5.54 Å². The molecule has 7 heteroatoms. The summed E-state index contributed by atoms with van der Waals surface area (Å²) >= 11 is 0. The van der Waals surface area contributed by atoms with E-state index >= 15 is 0 Å². The Morgan fingerprint density at radius 1 is 1.33 bits per heavy atom. The second-order valence-electron chi connectivity index (χ2n) is 6.71. The summed E-state index contributed by atoms with van der Waals surface area (Å²) in [6, 6.07) is 9.46. The zero-order valence-corrected chi connectivity index (χ0v) is 16.2. The van der Waals surface area contributed by atoms with Crippen LogP contribution in [0, 0.1) is 0 Å². The summed E-state index contributed by atoms with van der Waals surface area (Å²) in [5, 5.41) is 2.95. The molecule has 1 aromatic rings. The van der Waals surface area contributed by atoms with E-state index in [1.165, 1.54) is 0 Å². The van der Waals surface area contributed by atoms with E-state index in [9.17, 15) is 4.79 Å². The predicted octanol–water partition coefficient (Wildman–Crippen LogP) is 1.93. The van der Waals surface area contributed by atoms with E-state index in [1.807, 2.05) is 30.3 Å². The SMILES string of the molecule is CC1(C)CN(CCNC(=O)C(C)(N)c2ccccc2)CCO1.Cl.Cl. The fourth-order valence-electron chi connectivity index (χ4n) is 2.73. The molecule has 1 unspecified atom stereocenters. The smallest absolute Gasteiger partial charge is 0.244 e. The monoisotopic (exact) mass is 377 g/mol. The van der Waals surface area contributed by atoms with E-state index in [-0.39, 0.29) is 36.3 Å². The van der Waals surface area contributed by atoms with Crippen molar-refractivity contribution in [3.8, 4) is 0 Å². The van der Waals surface area contributed by atoms with Crippen LogP contribution < -0.4 is 11.1 Å². The highest BCUT2D eigenvalue weighted by atomic mass is 35.5. The molecule has 1 aliphatic heterocycles. The summed E-state index contributed by atoms with van der Waals surface area (Å²) in [4.78, 5) is 14.7. The fourth-order valence-corrected chi connectivity index (χ4v) is 2.73. The van der Waals surface area contributed by atoms with Gasteiger partial charge >= 0.3 is 0 Å². The Labute approximate surface area is 157 Å². The molecule has 138 valence electrons. The van der Waals surface area contributed by atoms with E-state index in [0.29, 0.717) is 6.54 Å². The van der Waals surface area contributed by atoms with Crippen LogP contribution in [0.15, 0.2) is 30.3 Å². The number of morpholine rings is 1. The maximum absolute atomic E-state index is 12.4. The van der Waals surface area contributed by atoms with E-state index in [1.54, 1.807) is 6.92 Å². The molecular formula is C17H29Cl2N3O2. The first-order chi connectivity index (χ1) is 10.3. The van der Waals surface area contributed by atoms with Crippen LogP contribution in [-0.4, -0.2) is 49.2 Å². The van der Waals surface area contributed by atoms with Gasteiger partial charge in [0.1, 0.15) is 5.54 Å². The molecule has 0 aliphatic carbocycles. The van der Waals surface area contributed by atoms with Crippen molar-refractivity contribution >= 4 is 30.7 Å². The number of rotatable bonds is 5. The standard InChI is InChI=1S/C17H27N3O2.2ClH/c1-16(2)13-20(11-12-22-16)10-9-19-15(21)17(3,18)14-7-5-4-6-8-14;;/h4-8H,9-13,18H2,1-3H3,(H,19,21);2*1H. The number of halogens is 2. The Morgan fingerprint density at radius 2 is 1.96 bits per heavy atom. The summed E-state index contributed by atoms with van der Waals surface area (Å²) < 4.78 is 5.69. The first kappa shape index (κ1) is 23.1. The Kier molecular flexibility index (Phi) is 9.25. The van der Waals surface area contributed by atoms with Gasteiger partial charge in [-0.15, -0.1) is 24.8 Å². The van der Waals surface area contributed by atoms with E-state index in [2.05, 4.69) is 24.1 Å². The van der Waals surface area contributed by atoms with Gasteiger partial charge in [-0.2, -0.15) is 0 Å². The highest BCUT2D eigenvalue weighted by Gasteiger charge is 2.31. The summed E-state index contributed by atoms with van der Waals surface area (Å²) in [6.07, 6.45) is 0. The van der Waals surface area contributed by atoms with Crippen molar-refractivity contribution in [1.29, 1.82) is 0 Å². The third-order valence-corrected chi connectivity index (χ3v) is 4.06. The van der Waals surface area contributed by atoms with Crippen LogP contribution in [0.2, 0.25) is 0 Å². The first-order valence-electron chi connectivity index (χ1n) is 7.80. The van der Waals surface area contributed by atoms with Gasteiger partial charge in [0.05, 0.1) is 12.2 Å². The van der Waals surface area contributed by atoms with Crippen molar-refractivity contribution in [2.24, 2.45) is 5.73 Å². The third kappa shape index (κ3) is 6.22. The molecule has 0 spiro atoms. The molecule has 0 radical (unpaired) electrons. The summed E-state index contributed by atoms with van der Waals surface area (Å²) in [5.74, 6) is -0.147. The summed E-state index contributed by atoms with van der Waals surface area (Å²) in [6.45, 7) is 9.83. The summed E-state index contributed by atoms with van der Waals surface area (Å²) in [7, 11) is 0. The van der Waals surface area contributed by atoms with Gasteiger partial charge in [-0.1, -0.05) is 30.3 Å². The normalized spacial score (nSPS) is 19.3. The molecule has 1 aromatic carbocycles. The second kappa shape index (κ2) is 9.59. The molecule has 0 saturated carbocycles. The number of nitrogens with zero attached hydrogens (tertiary/aromatic N) is 1. The molecule has 1 amide bonds. The predicted molar refractivity (Wildman–Crippen MR) is 102 cm³/mol. The fraction of sp³-hybridized carbons (Fsp3) is 0.588. The minimum atomic E-state index is -1.01. The van der Waals surface area contributed by atoms with Crippen molar-refractivity contribution in [3.05, 3.63) is 35.9 Å². The van der Waals surface area contributed by atoms with Crippen LogP contribution in [0.1, 0.15) is 26.3 Å². The molecule has 1 heterocycles. The molecule has 1 saturated heterocycles. The van der Waals surface area contributed by atoms with Gasteiger partial charge in [-0.05, 0) is 26.3 Å². The van der Waals surface area contributed by atoms with Crippen molar-refractivity contribution in [3.63, 3.8) is 0 Å². The third-order valence-electron chi connectivity index (χ3n) is 4.06. The lowest BCUT2D eigenvalue weighted by molar-refractivity contribution is -0.126. The van der Waals surface area contributed by atoms with Gasteiger partial charge in [0.25, 0.3) is 0 Å². The number of amides is 1. The Morgan fingerprint density at radius 3 is 2.54 bits per heavy atom. The maximum atomic E-state index is 12.4. The Bertz CT molecular complexity index is 510. The number of benzene rings is 1. The van der Waals surface area contributed by atoms with Crippen molar-refractivity contribution in [1.82, 2.24) is 10.2 Å². The zero-order chi connectivity index (χ0) is 16.2. The van der Waals surface area contributed by atoms with Gasteiger partial charge < -0.3 is 15.8 Å². The number of hydrogen-bond acceptors (Lipinski definition) is 4. The van der Waals surface area contributed by atoms with Crippen molar-refractivity contribution in [2.75, 3.05) is 32.8 Å².